The van der Waals surface area contributed by atoms with E-state index in [1.165, 1.54) is 4.90 Å². The van der Waals surface area contributed by atoms with E-state index in [1.54, 1.807) is 6.07 Å². The van der Waals surface area contributed by atoms with Gasteiger partial charge in [-0.15, -0.1) is 0 Å². The minimum absolute atomic E-state index is 0.147. The molecule has 0 radical (unpaired) electrons. The number of benzene rings is 1. The standard InChI is InChI=1S/C14H17N3O3/c18-8-6-17(7-9-19)14(20)13-10-12(15-16-13)11-4-2-1-3-5-11/h1-5,10,18-19H,6-9H2,(H,15,16). The molecule has 106 valence electrons. The fourth-order valence-electron chi connectivity index (χ4n) is 1.91. The molecular formula is C14H17N3O3. The highest BCUT2D eigenvalue weighted by Crippen LogP contribution is 2.17. The second-order valence-corrected chi connectivity index (χ2v) is 4.27. The molecule has 2 aromatic rings. The molecule has 1 aromatic carbocycles. The number of carbonyl (C=O) groups excluding carboxylic acids is 1. The third-order valence-corrected chi connectivity index (χ3v) is 2.90. The van der Waals surface area contributed by atoms with E-state index in [-0.39, 0.29) is 32.2 Å². The van der Waals surface area contributed by atoms with Gasteiger partial charge in [-0.25, -0.2) is 0 Å². The lowest BCUT2D eigenvalue weighted by atomic mass is 10.1. The summed E-state index contributed by atoms with van der Waals surface area (Å²) >= 11 is 0. The molecule has 6 nitrogen and oxygen atoms in total. The van der Waals surface area contributed by atoms with Gasteiger partial charge in [0.15, 0.2) is 0 Å². The van der Waals surface area contributed by atoms with Crippen molar-refractivity contribution >= 4 is 5.91 Å². The van der Waals surface area contributed by atoms with E-state index in [1.807, 2.05) is 30.3 Å². The van der Waals surface area contributed by atoms with Gasteiger partial charge < -0.3 is 15.1 Å². The second-order valence-electron chi connectivity index (χ2n) is 4.27. The van der Waals surface area contributed by atoms with E-state index in [9.17, 15) is 4.79 Å². The van der Waals surface area contributed by atoms with Crippen LogP contribution < -0.4 is 0 Å². The van der Waals surface area contributed by atoms with Gasteiger partial charge in [-0.1, -0.05) is 30.3 Å². The van der Waals surface area contributed by atoms with Crippen LogP contribution in [-0.2, 0) is 0 Å². The molecule has 3 N–H and O–H groups in total. The molecule has 0 aliphatic rings. The van der Waals surface area contributed by atoms with Crippen molar-refractivity contribution in [2.24, 2.45) is 0 Å². The van der Waals surface area contributed by atoms with Gasteiger partial charge in [0.2, 0.25) is 0 Å². The monoisotopic (exact) mass is 275 g/mol. The maximum atomic E-state index is 12.2. The number of nitrogens with zero attached hydrogens (tertiary/aromatic N) is 2. The third kappa shape index (κ3) is 3.23. The fraction of sp³-hybridized carbons (Fsp3) is 0.286. The Morgan fingerprint density at radius 3 is 2.40 bits per heavy atom. The maximum Gasteiger partial charge on any atom is 0.272 e. The first-order chi connectivity index (χ1) is 9.76. The lowest BCUT2D eigenvalue weighted by molar-refractivity contribution is 0.0679. The smallest absolute Gasteiger partial charge is 0.272 e. The molecule has 0 saturated heterocycles. The average Bonchev–Trinajstić information content (AvgIpc) is 2.97. The van der Waals surface area contributed by atoms with Gasteiger partial charge in [-0.3, -0.25) is 9.89 Å². The minimum atomic E-state index is -0.289. The zero-order valence-corrected chi connectivity index (χ0v) is 11.0. The molecule has 0 fully saturated rings. The molecule has 1 heterocycles. The van der Waals surface area contributed by atoms with Crippen LogP contribution in [0, 0.1) is 0 Å². The van der Waals surface area contributed by atoms with Crippen molar-refractivity contribution in [2.75, 3.05) is 26.3 Å². The number of aromatic nitrogens is 2. The van der Waals surface area contributed by atoms with Crippen LogP contribution in [0.1, 0.15) is 10.5 Å². The Bertz CT molecular complexity index is 548. The highest BCUT2D eigenvalue weighted by Gasteiger charge is 2.17. The highest BCUT2D eigenvalue weighted by molar-refractivity contribution is 5.93. The molecule has 20 heavy (non-hydrogen) atoms. The van der Waals surface area contributed by atoms with Crippen LogP contribution in [0.5, 0.6) is 0 Å². The average molecular weight is 275 g/mol. The minimum Gasteiger partial charge on any atom is -0.395 e. The number of aliphatic hydroxyl groups is 2. The van der Waals surface area contributed by atoms with E-state index >= 15 is 0 Å². The Morgan fingerprint density at radius 2 is 1.80 bits per heavy atom. The number of H-pyrrole nitrogens is 1. The Hall–Kier alpha value is -2.18. The van der Waals surface area contributed by atoms with Gasteiger partial charge in [0.1, 0.15) is 5.69 Å². The number of hydrogen-bond acceptors (Lipinski definition) is 4. The fourth-order valence-corrected chi connectivity index (χ4v) is 1.91. The van der Waals surface area contributed by atoms with Crippen LogP contribution >= 0.6 is 0 Å². The summed E-state index contributed by atoms with van der Waals surface area (Å²) in [6, 6.07) is 11.2. The Balaban J connectivity index is 2.17. The third-order valence-electron chi connectivity index (χ3n) is 2.90. The largest absolute Gasteiger partial charge is 0.395 e. The van der Waals surface area contributed by atoms with Crippen molar-refractivity contribution in [1.82, 2.24) is 15.1 Å². The van der Waals surface area contributed by atoms with Gasteiger partial charge in [0, 0.05) is 18.7 Å². The SMILES string of the molecule is O=C(c1cc(-c2ccccc2)n[nH]1)N(CCO)CCO. The first-order valence-electron chi connectivity index (χ1n) is 6.38. The molecule has 1 amide bonds. The van der Waals surface area contributed by atoms with Gasteiger partial charge in [0.05, 0.1) is 18.9 Å². The molecule has 6 heteroatoms. The lowest BCUT2D eigenvalue weighted by Crippen LogP contribution is -2.36. The first-order valence-corrected chi connectivity index (χ1v) is 6.38. The van der Waals surface area contributed by atoms with Gasteiger partial charge >= 0.3 is 0 Å². The quantitative estimate of drug-likeness (QED) is 0.716. The second kappa shape index (κ2) is 6.83. The van der Waals surface area contributed by atoms with E-state index in [4.69, 9.17) is 10.2 Å². The predicted molar refractivity (Wildman–Crippen MR) is 74.1 cm³/mol. The van der Waals surface area contributed by atoms with Crippen LogP contribution in [0.15, 0.2) is 36.4 Å². The van der Waals surface area contributed by atoms with Crippen molar-refractivity contribution < 1.29 is 15.0 Å². The van der Waals surface area contributed by atoms with E-state index in [2.05, 4.69) is 10.2 Å². The molecule has 0 saturated carbocycles. The maximum absolute atomic E-state index is 12.2. The normalized spacial score (nSPS) is 10.5. The highest BCUT2D eigenvalue weighted by atomic mass is 16.3. The lowest BCUT2D eigenvalue weighted by Gasteiger charge is -2.19. The van der Waals surface area contributed by atoms with Crippen LogP contribution in [0.2, 0.25) is 0 Å². The van der Waals surface area contributed by atoms with Crippen molar-refractivity contribution in [2.45, 2.75) is 0 Å². The number of hydrogen-bond donors (Lipinski definition) is 3. The van der Waals surface area contributed by atoms with Crippen molar-refractivity contribution in [3.63, 3.8) is 0 Å². The first kappa shape index (κ1) is 14.2. The molecular weight excluding hydrogens is 258 g/mol. The number of aliphatic hydroxyl groups excluding tert-OH is 2. The van der Waals surface area contributed by atoms with Crippen LogP contribution in [0.25, 0.3) is 11.3 Å². The Kier molecular flexibility index (Phi) is 4.86. The summed E-state index contributed by atoms with van der Waals surface area (Å²) < 4.78 is 0. The Labute approximate surface area is 116 Å². The van der Waals surface area contributed by atoms with Gasteiger partial charge in [0.25, 0.3) is 5.91 Å². The summed E-state index contributed by atoms with van der Waals surface area (Å²) in [6.45, 7) is 0.0645. The summed E-state index contributed by atoms with van der Waals surface area (Å²) in [5, 5.41) is 24.7. The van der Waals surface area contributed by atoms with Crippen LogP contribution in [0.3, 0.4) is 0 Å². The number of nitrogens with one attached hydrogen (secondary N) is 1. The summed E-state index contributed by atoms with van der Waals surface area (Å²) in [7, 11) is 0. The molecule has 0 unspecified atom stereocenters. The van der Waals surface area contributed by atoms with Crippen molar-refractivity contribution in [3.05, 3.63) is 42.1 Å². The molecule has 1 aromatic heterocycles. The number of rotatable bonds is 6. The number of amides is 1. The summed E-state index contributed by atoms with van der Waals surface area (Å²) in [4.78, 5) is 13.6. The number of carbonyl (C=O) groups is 1. The molecule has 2 rings (SSSR count). The Morgan fingerprint density at radius 1 is 1.15 bits per heavy atom. The molecule has 0 bridgehead atoms. The van der Waals surface area contributed by atoms with E-state index in [0.717, 1.165) is 5.56 Å². The zero-order valence-electron chi connectivity index (χ0n) is 11.0. The van der Waals surface area contributed by atoms with Crippen LogP contribution in [-0.4, -0.2) is 57.5 Å². The van der Waals surface area contributed by atoms with Gasteiger partial charge in [-0.2, -0.15) is 5.10 Å². The number of aromatic amines is 1. The molecule has 0 aliphatic carbocycles. The summed E-state index contributed by atoms with van der Waals surface area (Å²) in [5.41, 5.74) is 1.94. The molecule has 0 atom stereocenters. The van der Waals surface area contributed by atoms with Gasteiger partial charge in [-0.05, 0) is 6.07 Å². The molecule has 0 aliphatic heterocycles. The van der Waals surface area contributed by atoms with E-state index < -0.39 is 0 Å². The predicted octanol–water partition coefficient (Wildman–Crippen LogP) is 0.503. The van der Waals surface area contributed by atoms with Crippen molar-refractivity contribution in [1.29, 1.82) is 0 Å². The zero-order chi connectivity index (χ0) is 14.4. The van der Waals surface area contributed by atoms with Crippen LogP contribution in [0.4, 0.5) is 0 Å². The topological polar surface area (TPSA) is 89.5 Å². The van der Waals surface area contributed by atoms with E-state index in [0.29, 0.717) is 11.4 Å². The van der Waals surface area contributed by atoms with Crippen molar-refractivity contribution in [3.8, 4) is 11.3 Å². The molecule has 0 spiro atoms. The summed E-state index contributed by atoms with van der Waals surface area (Å²) in [5.74, 6) is -0.289. The summed E-state index contributed by atoms with van der Waals surface area (Å²) in [6.07, 6.45) is 0.